The van der Waals surface area contributed by atoms with Crippen LogP contribution in [0.4, 0.5) is 0 Å². The fraction of sp³-hybridized carbons (Fsp3) is 0.304. The van der Waals surface area contributed by atoms with E-state index in [4.69, 9.17) is 16.0 Å². The third kappa shape index (κ3) is 3.18. The molecule has 2 unspecified atom stereocenters. The lowest BCUT2D eigenvalue weighted by molar-refractivity contribution is 0.0662. The molecule has 2 aromatic carbocycles. The molecule has 5 rings (SSSR count). The fourth-order valence-corrected chi connectivity index (χ4v) is 6.73. The van der Waals surface area contributed by atoms with E-state index in [0.717, 1.165) is 11.1 Å². The van der Waals surface area contributed by atoms with E-state index in [9.17, 15) is 18.0 Å². The van der Waals surface area contributed by atoms with E-state index in [2.05, 4.69) is 0 Å². The smallest absolute Gasteiger partial charge is 0.291 e. The highest BCUT2D eigenvalue weighted by molar-refractivity contribution is 7.91. The Kier molecular flexibility index (Phi) is 4.53. The number of carbonyl (C=O) groups is 1. The van der Waals surface area contributed by atoms with Crippen LogP contribution in [0.15, 0.2) is 45.6 Å². The number of rotatable bonds is 2. The van der Waals surface area contributed by atoms with E-state index in [1.165, 1.54) is 4.90 Å². The van der Waals surface area contributed by atoms with Crippen molar-refractivity contribution in [2.24, 2.45) is 0 Å². The van der Waals surface area contributed by atoms with Gasteiger partial charge in [0, 0.05) is 11.1 Å². The highest BCUT2D eigenvalue weighted by Crippen LogP contribution is 2.42. The Labute approximate surface area is 184 Å². The summed E-state index contributed by atoms with van der Waals surface area (Å²) >= 11 is 6.21. The number of hydrogen-bond donors (Lipinski definition) is 0. The molecule has 6 nitrogen and oxygen atoms in total. The van der Waals surface area contributed by atoms with Gasteiger partial charge in [0.25, 0.3) is 5.91 Å². The van der Waals surface area contributed by atoms with Crippen LogP contribution in [0.1, 0.15) is 45.3 Å². The minimum Gasteiger partial charge on any atom is -0.450 e. The van der Waals surface area contributed by atoms with E-state index in [0.29, 0.717) is 28.0 Å². The van der Waals surface area contributed by atoms with Gasteiger partial charge in [0.1, 0.15) is 5.58 Å². The van der Waals surface area contributed by atoms with Crippen LogP contribution in [0.3, 0.4) is 0 Å². The third-order valence-corrected chi connectivity index (χ3v) is 8.09. The van der Waals surface area contributed by atoms with E-state index < -0.39 is 27.8 Å². The topological polar surface area (TPSA) is 84.7 Å². The lowest BCUT2D eigenvalue weighted by Crippen LogP contribution is -2.40. The highest BCUT2D eigenvalue weighted by Gasteiger charge is 2.48. The second-order valence-electron chi connectivity index (χ2n) is 8.36. The second-order valence-corrected chi connectivity index (χ2v) is 11.0. The molecule has 1 fully saturated rings. The average molecular weight is 458 g/mol. The van der Waals surface area contributed by atoms with Crippen LogP contribution < -0.4 is 5.43 Å². The average Bonchev–Trinajstić information content (AvgIpc) is 3.19. The van der Waals surface area contributed by atoms with Gasteiger partial charge < -0.3 is 9.32 Å². The van der Waals surface area contributed by atoms with Crippen LogP contribution in [0, 0.1) is 13.8 Å². The Morgan fingerprint density at radius 1 is 1.13 bits per heavy atom. The number of hydrogen-bond acceptors (Lipinski definition) is 5. The zero-order valence-corrected chi connectivity index (χ0v) is 18.6. The van der Waals surface area contributed by atoms with E-state index in [-0.39, 0.29) is 28.3 Å². The molecule has 0 saturated carbocycles. The quantitative estimate of drug-likeness (QED) is 0.584. The molecule has 1 saturated heterocycles. The van der Waals surface area contributed by atoms with Crippen molar-refractivity contribution in [1.29, 1.82) is 0 Å². The molecule has 2 aliphatic heterocycles. The Morgan fingerprint density at radius 3 is 2.58 bits per heavy atom. The van der Waals surface area contributed by atoms with Gasteiger partial charge in [-0.15, -0.1) is 0 Å². The van der Waals surface area contributed by atoms with Crippen molar-refractivity contribution >= 4 is 38.3 Å². The summed E-state index contributed by atoms with van der Waals surface area (Å²) in [6.07, 6.45) is 0.324. The summed E-state index contributed by atoms with van der Waals surface area (Å²) in [6.45, 7) is 3.73. The Bertz CT molecular complexity index is 1430. The molecule has 2 atom stereocenters. The molecule has 3 aromatic rings. The molecule has 0 radical (unpaired) electrons. The van der Waals surface area contributed by atoms with Crippen LogP contribution in [0.2, 0.25) is 5.02 Å². The summed E-state index contributed by atoms with van der Waals surface area (Å²) in [6, 6.07) is 9.33. The maximum Gasteiger partial charge on any atom is 0.291 e. The number of amides is 1. The minimum absolute atomic E-state index is 0.0151. The molecule has 1 amide bonds. The van der Waals surface area contributed by atoms with Gasteiger partial charge in [0.2, 0.25) is 5.76 Å². The number of sulfone groups is 1. The molecular formula is C23H20ClNO5S. The minimum atomic E-state index is -3.25. The van der Waals surface area contributed by atoms with E-state index in [1.54, 1.807) is 30.3 Å². The lowest BCUT2D eigenvalue weighted by Gasteiger charge is -2.30. The van der Waals surface area contributed by atoms with Crippen molar-refractivity contribution in [2.75, 3.05) is 11.5 Å². The van der Waals surface area contributed by atoms with Crippen LogP contribution in [0.5, 0.6) is 0 Å². The number of carbonyl (C=O) groups excluding carboxylic acids is 1. The van der Waals surface area contributed by atoms with Gasteiger partial charge >= 0.3 is 0 Å². The summed E-state index contributed by atoms with van der Waals surface area (Å²) in [4.78, 5) is 28.6. The largest absolute Gasteiger partial charge is 0.450 e. The van der Waals surface area contributed by atoms with Crippen molar-refractivity contribution in [3.63, 3.8) is 0 Å². The highest BCUT2D eigenvalue weighted by atomic mass is 35.5. The van der Waals surface area contributed by atoms with Crippen LogP contribution in [-0.2, 0) is 9.84 Å². The summed E-state index contributed by atoms with van der Waals surface area (Å²) in [5.74, 6) is -0.586. The van der Waals surface area contributed by atoms with Gasteiger partial charge in [-0.05, 0) is 55.2 Å². The van der Waals surface area contributed by atoms with Gasteiger partial charge in [0.15, 0.2) is 15.3 Å². The lowest BCUT2D eigenvalue weighted by atomic mass is 9.96. The number of aryl methyl sites for hydroxylation is 2. The summed E-state index contributed by atoms with van der Waals surface area (Å²) in [5, 5.41) is 0.881. The molecule has 0 N–H and O–H groups in total. The molecule has 3 heterocycles. The van der Waals surface area contributed by atoms with Gasteiger partial charge in [-0.1, -0.05) is 29.8 Å². The molecule has 31 heavy (non-hydrogen) atoms. The van der Waals surface area contributed by atoms with Gasteiger partial charge in [-0.3, -0.25) is 9.59 Å². The standard InChI is InChI=1S/C23H20ClNO5S/c1-12-8-13(2)21-17(9-12)20(26)18-19(14-4-3-5-15(24)10-14)25(23(27)22(18)30-21)16-6-7-31(28,29)11-16/h3-5,8-10,16,19H,6-7,11H2,1-2H3. The molecular weight excluding hydrogens is 438 g/mol. The second kappa shape index (κ2) is 6.93. The first-order valence-electron chi connectivity index (χ1n) is 10.0. The molecule has 1 aromatic heterocycles. The van der Waals surface area contributed by atoms with Gasteiger partial charge in [-0.25, -0.2) is 8.42 Å². The summed E-state index contributed by atoms with van der Waals surface area (Å²) in [5.41, 5.74) is 2.69. The van der Waals surface area contributed by atoms with E-state index >= 15 is 0 Å². The Morgan fingerprint density at radius 2 is 1.90 bits per heavy atom. The molecule has 2 aliphatic rings. The van der Waals surface area contributed by atoms with Crippen molar-refractivity contribution < 1.29 is 17.6 Å². The predicted octanol–water partition coefficient (Wildman–Crippen LogP) is 3.80. The van der Waals surface area contributed by atoms with Crippen molar-refractivity contribution in [3.05, 3.63) is 79.7 Å². The monoisotopic (exact) mass is 457 g/mol. The number of halogens is 1. The van der Waals surface area contributed by atoms with Crippen LogP contribution in [-0.4, -0.2) is 36.8 Å². The van der Waals surface area contributed by atoms with Crippen molar-refractivity contribution in [3.8, 4) is 0 Å². The van der Waals surface area contributed by atoms with Gasteiger partial charge in [0.05, 0.1) is 28.5 Å². The molecule has 160 valence electrons. The summed E-state index contributed by atoms with van der Waals surface area (Å²) in [7, 11) is -3.25. The summed E-state index contributed by atoms with van der Waals surface area (Å²) < 4.78 is 30.4. The number of benzene rings is 2. The number of fused-ring (bicyclic) bond motifs is 2. The molecule has 0 spiro atoms. The van der Waals surface area contributed by atoms with Gasteiger partial charge in [-0.2, -0.15) is 0 Å². The zero-order valence-electron chi connectivity index (χ0n) is 17.0. The first-order chi connectivity index (χ1) is 14.7. The predicted molar refractivity (Wildman–Crippen MR) is 118 cm³/mol. The Balaban J connectivity index is 1.80. The maximum absolute atomic E-state index is 13.6. The number of nitrogens with zero attached hydrogens (tertiary/aromatic N) is 1. The van der Waals surface area contributed by atoms with Crippen molar-refractivity contribution in [1.82, 2.24) is 4.90 Å². The first-order valence-corrected chi connectivity index (χ1v) is 12.2. The molecule has 8 heteroatoms. The van der Waals surface area contributed by atoms with Crippen molar-refractivity contribution in [2.45, 2.75) is 32.4 Å². The zero-order chi connectivity index (χ0) is 22.1. The van der Waals surface area contributed by atoms with Crippen LogP contribution in [0.25, 0.3) is 11.0 Å². The SMILES string of the molecule is Cc1cc(C)c2oc3c(c(=O)c2c1)C(c1cccc(Cl)c1)N(C1CCS(=O)(=O)C1)C3=O. The first kappa shape index (κ1) is 20.3. The normalized spacial score (nSPS) is 22.3. The maximum atomic E-state index is 13.6. The molecule has 0 aliphatic carbocycles. The molecule has 0 bridgehead atoms. The van der Waals surface area contributed by atoms with Crippen LogP contribution >= 0.6 is 11.6 Å². The third-order valence-electron chi connectivity index (χ3n) is 6.10. The Hall–Kier alpha value is -2.64. The fourth-order valence-electron chi connectivity index (χ4n) is 4.82. The van der Waals surface area contributed by atoms with E-state index in [1.807, 2.05) is 19.9 Å².